The summed E-state index contributed by atoms with van der Waals surface area (Å²) in [5.41, 5.74) is 0.835. The molecule has 2 aliphatic rings. The number of ether oxygens (including phenoxy) is 2. The van der Waals surface area contributed by atoms with Crippen LogP contribution in [0.5, 0.6) is 11.5 Å². The first kappa shape index (κ1) is 12.8. The number of imide groups is 1. The number of urea groups is 1. The average molecular weight is 276 g/mol. The van der Waals surface area contributed by atoms with E-state index in [1.807, 2.05) is 19.9 Å². The lowest BCUT2D eigenvalue weighted by molar-refractivity contribution is -0.128. The Bertz CT molecular complexity index is 570. The third-order valence-corrected chi connectivity index (χ3v) is 3.50. The van der Waals surface area contributed by atoms with Crippen molar-refractivity contribution in [2.75, 3.05) is 6.79 Å². The Morgan fingerprint density at radius 1 is 1.30 bits per heavy atom. The minimum Gasteiger partial charge on any atom is -0.454 e. The van der Waals surface area contributed by atoms with E-state index in [1.165, 1.54) is 4.90 Å². The molecule has 6 nitrogen and oxygen atoms in total. The van der Waals surface area contributed by atoms with E-state index >= 15 is 0 Å². The summed E-state index contributed by atoms with van der Waals surface area (Å²) in [4.78, 5) is 25.3. The fourth-order valence-corrected chi connectivity index (χ4v) is 2.36. The molecule has 6 heteroatoms. The Labute approximate surface area is 116 Å². The number of nitrogens with zero attached hydrogens (tertiary/aromatic N) is 1. The van der Waals surface area contributed by atoms with Crippen molar-refractivity contribution >= 4 is 11.9 Å². The normalized spacial score (nSPS) is 20.8. The number of benzene rings is 1. The summed E-state index contributed by atoms with van der Waals surface area (Å²) < 4.78 is 10.5. The summed E-state index contributed by atoms with van der Waals surface area (Å²) >= 11 is 0. The fourth-order valence-electron chi connectivity index (χ4n) is 2.36. The lowest BCUT2D eigenvalue weighted by Gasteiger charge is -2.14. The van der Waals surface area contributed by atoms with Crippen LogP contribution in [0.2, 0.25) is 0 Å². The minimum atomic E-state index is -0.434. The Morgan fingerprint density at radius 2 is 2.05 bits per heavy atom. The lowest BCUT2D eigenvalue weighted by Crippen LogP contribution is -2.34. The average Bonchev–Trinajstić information content (AvgIpc) is 2.97. The Morgan fingerprint density at radius 3 is 2.75 bits per heavy atom. The third kappa shape index (κ3) is 2.07. The molecule has 1 aromatic rings. The van der Waals surface area contributed by atoms with Crippen LogP contribution in [0.4, 0.5) is 4.79 Å². The van der Waals surface area contributed by atoms with Gasteiger partial charge in [0.15, 0.2) is 11.5 Å². The van der Waals surface area contributed by atoms with E-state index in [4.69, 9.17) is 9.47 Å². The lowest BCUT2D eigenvalue weighted by atomic mass is 10.0. The summed E-state index contributed by atoms with van der Waals surface area (Å²) in [6, 6.07) is 4.64. The van der Waals surface area contributed by atoms with Gasteiger partial charge in [0, 0.05) is 0 Å². The predicted molar refractivity (Wildman–Crippen MR) is 70.3 cm³/mol. The molecule has 1 fully saturated rings. The second-order valence-corrected chi connectivity index (χ2v) is 5.28. The van der Waals surface area contributed by atoms with Crippen LogP contribution in [0, 0.1) is 5.92 Å². The number of nitrogens with one attached hydrogen (secondary N) is 1. The van der Waals surface area contributed by atoms with Gasteiger partial charge in [-0.1, -0.05) is 19.9 Å². The van der Waals surface area contributed by atoms with Gasteiger partial charge in [-0.15, -0.1) is 0 Å². The van der Waals surface area contributed by atoms with Crippen LogP contribution in [-0.4, -0.2) is 29.7 Å². The first-order valence-corrected chi connectivity index (χ1v) is 6.56. The number of carbonyl (C=O) groups excluding carboxylic acids is 2. The number of hydrogen-bond donors (Lipinski definition) is 1. The smallest absolute Gasteiger partial charge is 0.325 e. The van der Waals surface area contributed by atoms with Gasteiger partial charge in [-0.3, -0.25) is 9.69 Å². The molecule has 3 amide bonds. The van der Waals surface area contributed by atoms with E-state index in [1.54, 1.807) is 12.1 Å². The Kier molecular flexibility index (Phi) is 3.00. The van der Waals surface area contributed by atoms with Crippen LogP contribution in [-0.2, 0) is 11.3 Å². The molecule has 0 saturated carbocycles. The number of rotatable bonds is 3. The number of fused-ring (bicyclic) bond motifs is 1. The van der Waals surface area contributed by atoms with Gasteiger partial charge in [0.1, 0.15) is 6.04 Å². The van der Waals surface area contributed by atoms with Crippen molar-refractivity contribution in [3.63, 3.8) is 0 Å². The van der Waals surface area contributed by atoms with Crippen LogP contribution in [0.25, 0.3) is 0 Å². The van der Waals surface area contributed by atoms with Gasteiger partial charge in [-0.2, -0.15) is 0 Å². The molecule has 0 radical (unpaired) electrons. The quantitative estimate of drug-likeness (QED) is 0.849. The van der Waals surface area contributed by atoms with Gasteiger partial charge in [0.05, 0.1) is 6.54 Å². The Balaban J connectivity index is 1.78. The minimum absolute atomic E-state index is 0.0770. The van der Waals surface area contributed by atoms with Crippen molar-refractivity contribution in [2.45, 2.75) is 26.4 Å². The molecule has 0 aliphatic carbocycles. The first-order valence-electron chi connectivity index (χ1n) is 6.56. The molecule has 0 spiro atoms. The van der Waals surface area contributed by atoms with Crippen molar-refractivity contribution in [1.82, 2.24) is 10.2 Å². The largest absolute Gasteiger partial charge is 0.454 e. The molecule has 3 rings (SSSR count). The monoisotopic (exact) mass is 276 g/mol. The van der Waals surface area contributed by atoms with E-state index in [0.29, 0.717) is 11.5 Å². The SMILES string of the molecule is CC(C)[C@@H]1NC(=O)N(Cc2ccc3c(c2)OCO3)C1=O. The molecule has 2 aliphatic heterocycles. The van der Waals surface area contributed by atoms with Crippen molar-refractivity contribution in [3.05, 3.63) is 23.8 Å². The highest BCUT2D eigenvalue weighted by atomic mass is 16.7. The topological polar surface area (TPSA) is 67.9 Å². The predicted octanol–water partition coefficient (Wildman–Crippen LogP) is 1.49. The van der Waals surface area contributed by atoms with Crippen LogP contribution in [0.3, 0.4) is 0 Å². The maximum absolute atomic E-state index is 12.2. The first-order chi connectivity index (χ1) is 9.56. The molecule has 0 unspecified atom stereocenters. The number of amides is 3. The van der Waals surface area contributed by atoms with E-state index < -0.39 is 6.04 Å². The second kappa shape index (κ2) is 4.70. The zero-order valence-corrected chi connectivity index (χ0v) is 11.4. The highest BCUT2D eigenvalue weighted by molar-refractivity contribution is 6.04. The molecule has 1 atom stereocenters. The van der Waals surface area contributed by atoms with Crippen molar-refractivity contribution in [2.24, 2.45) is 5.92 Å². The molecular formula is C14H16N2O4. The van der Waals surface area contributed by atoms with Gasteiger partial charge in [0.2, 0.25) is 6.79 Å². The number of carbonyl (C=O) groups is 2. The molecule has 1 saturated heterocycles. The van der Waals surface area contributed by atoms with Crippen molar-refractivity contribution in [1.29, 1.82) is 0 Å². The molecule has 0 bridgehead atoms. The van der Waals surface area contributed by atoms with E-state index in [2.05, 4.69) is 5.32 Å². The van der Waals surface area contributed by atoms with Crippen molar-refractivity contribution in [3.8, 4) is 11.5 Å². The number of hydrogen-bond acceptors (Lipinski definition) is 4. The van der Waals surface area contributed by atoms with Crippen LogP contribution in [0.1, 0.15) is 19.4 Å². The van der Waals surface area contributed by atoms with Gasteiger partial charge in [0.25, 0.3) is 5.91 Å². The highest BCUT2D eigenvalue weighted by Gasteiger charge is 2.39. The van der Waals surface area contributed by atoms with Gasteiger partial charge < -0.3 is 14.8 Å². The summed E-state index contributed by atoms with van der Waals surface area (Å²) in [6.07, 6.45) is 0. The molecule has 1 N–H and O–H groups in total. The zero-order chi connectivity index (χ0) is 14.3. The molecule has 1 aromatic carbocycles. The van der Waals surface area contributed by atoms with Crippen LogP contribution < -0.4 is 14.8 Å². The summed E-state index contributed by atoms with van der Waals surface area (Å²) in [5.74, 6) is 1.23. The fraction of sp³-hybridized carbons (Fsp3) is 0.429. The summed E-state index contributed by atoms with van der Waals surface area (Å²) in [6.45, 7) is 4.27. The summed E-state index contributed by atoms with van der Waals surface area (Å²) in [5, 5.41) is 2.71. The molecule has 106 valence electrons. The van der Waals surface area contributed by atoms with Gasteiger partial charge >= 0.3 is 6.03 Å². The van der Waals surface area contributed by atoms with Crippen LogP contribution >= 0.6 is 0 Å². The zero-order valence-electron chi connectivity index (χ0n) is 11.4. The maximum Gasteiger partial charge on any atom is 0.325 e. The summed E-state index contributed by atoms with van der Waals surface area (Å²) in [7, 11) is 0. The maximum atomic E-state index is 12.2. The Hall–Kier alpha value is -2.24. The van der Waals surface area contributed by atoms with E-state index in [-0.39, 0.29) is 31.2 Å². The van der Waals surface area contributed by atoms with E-state index in [0.717, 1.165) is 5.56 Å². The molecular weight excluding hydrogens is 260 g/mol. The molecule has 0 aromatic heterocycles. The van der Waals surface area contributed by atoms with Gasteiger partial charge in [-0.05, 0) is 23.6 Å². The van der Waals surface area contributed by atoms with Gasteiger partial charge in [-0.25, -0.2) is 4.79 Å². The second-order valence-electron chi connectivity index (χ2n) is 5.28. The standard InChI is InChI=1S/C14H16N2O4/c1-8(2)12-13(17)16(14(18)15-12)6-9-3-4-10-11(5-9)20-7-19-10/h3-5,8,12H,6-7H2,1-2H3,(H,15,18)/t12-/m0/s1. The van der Waals surface area contributed by atoms with Crippen molar-refractivity contribution < 1.29 is 19.1 Å². The van der Waals surface area contributed by atoms with Crippen LogP contribution in [0.15, 0.2) is 18.2 Å². The molecule has 20 heavy (non-hydrogen) atoms. The highest BCUT2D eigenvalue weighted by Crippen LogP contribution is 2.33. The third-order valence-electron chi connectivity index (χ3n) is 3.50. The van der Waals surface area contributed by atoms with E-state index in [9.17, 15) is 9.59 Å². The molecule has 2 heterocycles.